The molecule has 0 saturated carbocycles. The van der Waals surface area contributed by atoms with Crippen molar-refractivity contribution in [2.45, 2.75) is 52.6 Å². The van der Waals surface area contributed by atoms with Crippen molar-refractivity contribution in [2.75, 3.05) is 6.54 Å². The Morgan fingerprint density at radius 3 is 2.86 bits per heavy atom. The molecule has 5 heteroatoms. The van der Waals surface area contributed by atoms with Crippen LogP contribution in [0.5, 0.6) is 0 Å². The summed E-state index contributed by atoms with van der Waals surface area (Å²) in [5.41, 5.74) is 2.08. The predicted octanol–water partition coefficient (Wildman–Crippen LogP) is 3.16. The molecule has 0 bridgehead atoms. The topological polar surface area (TPSA) is 51.3 Å². The van der Waals surface area contributed by atoms with Crippen molar-refractivity contribution in [2.24, 2.45) is 0 Å². The fourth-order valence-electron chi connectivity index (χ4n) is 3.10. The molecular formula is C17H23N3O2. The van der Waals surface area contributed by atoms with E-state index in [1.54, 1.807) is 6.07 Å². The highest BCUT2D eigenvalue weighted by atomic mass is 16.4. The Bertz CT molecular complexity index is 671. The van der Waals surface area contributed by atoms with Crippen LogP contribution in [0.1, 0.15) is 53.9 Å². The summed E-state index contributed by atoms with van der Waals surface area (Å²) in [5, 5.41) is 4.42. The van der Waals surface area contributed by atoms with E-state index < -0.39 is 0 Å². The third-order valence-electron chi connectivity index (χ3n) is 4.35. The number of rotatable bonds is 3. The fourth-order valence-corrected chi connectivity index (χ4v) is 3.10. The van der Waals surface area contributed by atoms with Crippen molar-refractivity contribution in [3.8, 4) is 0 Å². The third-order valence-corrected chi connectivity index (χ3v) is 4.35. The summed E-state index contributed by atoms with van der Waals surface area (Å²) in [5.74, 6) is 1.20. The molecule has 1 aliphatic heterocycles. The number of likely N-dealkylation sites (tertiary alicyclic amines) is 1. The molecule has 22 heavy (non-hydrogen) atoms. The number of carbonyl (C=O) groups is 1. The average Bonchev–Trinajstić information content (AvgIpc) is 3.06. The molecule has 1 atom stereocenters. The number of aryl methyl sites for hydroxylation is 2. The fraction of sp³-hybridized carbons (Fsp3) is 0.529. The Labute approximate surface area is 130 Å². The molecule has 0 spiro atoms. The summed E-state index contributed by atoms with van der Waals surface area (Å²) in [6.45, 7) is 7.48. The maximum atomic E-state index is 12.6. The van der Waals surface area contributed by atoms with E-state index in [0.29, 0.717) is 18.3 Å². The van der Waals surface area contributed by atoms with Crippen molar-refractivity contribution in [1.82, 2.24) is 14.7 Å². The maximum Gasteiger partial charge on any atom is 0.289 e. The molecule has 0 N–H and O–H groups in total. The van der Waals surface area contributed by atoms with Crippen LogP contribution >= 0.6 is 0 Å². The quantitative estimate of drug-likeness (QED) is 0.875. The van der Waals surface area contributed by atoms with Crippen LogP contribution in [-0.4, -0.2) is 33.2 Å². The number of furan rings is 1. The van der Waals surface area contributed by atoms with E-state index in [4.69, 9.17) is 4.42 Å². The van der Waals surface area contributed by atoms with E-state index in [0.717, 1.165) is 36.5 Å². The summed E-state index contributed by atoms with van der Waals surface area (Å²) < 4.78 is 7.66. The van der Waals surface area contributed by atoms with Crippen LogP contribution in [0.3, 0.4) is 0 Å². The number of hydrogen-bond acceptors (Lipinski definition) is 3. The number of nitrogens with zero attached hydrogens (tertiary/aromatic N) is 3. The van der Waals surface area contributed by atoms with Gasteiger partial charge in [-0.1, -0.05) is 0 Å². The first-order chi connectivity index (χ1) is 10.5. The second kappa shape index (κ2) is 5.99. The molecule has 1 amide bonds. The molecule has 1 aliphatic rings. The second-order valence-corrected chi connectivity index (χ2v) is 6.19. The second-order valence-electron chi connectivity index (χ2n) is 6.19. The van der Waals surface area contributed by atoms with E-state index in [1.807, 2.05) is 35.6 Å². The van der Waals surface area contributed by atoms with Gasteiger partial charge in [0.1, 0.15) is 5.76 Å². The van der Waals surface area contributed by atoms with Gasteiger partial charge in [-0.25, -0.2) is 0 Å². The predicted molar refractivity (Wildman–Crippen MR) is 83.9 cm³/mol. The van der Waals surface area contributed by atoms with Gasteiger partial charge in [0.15, 0.2) is 5.76 Å². The smallest absolute Gasteiger partial charge is 0.289 e. The first-order valence-corrected chi connectivity index (χ1v) is 7.95. The van der Waals surface area contributed by atoms with Gasteiger partial charge in [-0.15, -0.1) is 0 Å². The largest absolute Gasteiger partial charge is 0.454 e. The van der Waals surface area contributed by atoms with E-state index in [1.165, 1.54) is 6.42 Å². The minimum absolute atomic E-state index is 0.00631. The molecule has 2 aromatic rings. The van der Waals surface area contributed by atoms with Gasteiger partial charge in [0.2, 0.25) is 0 Å². The number of carbonyl (C=O) groups excluding carboxylic acids is 1. The molecule has 3 rings (SSSR count). The van der Waals surface area contributed by atoms with Crippen molar-refractivity contribution < 1.29 is 9.21 Å². The zero-order chi connectivity index (χ0) is 15.7. The van der Waals surface area contributed by atoms with Crippen LogP contribution in [0.15, 0.2) is 22.6 Å². The van der Waals surface area contributed by atoms with E-state index >= 15 is 0 Å². The lowest BCUT2D eigenvalue weighted by Crippen LogP contribution is -2.41. The lowest BCUT2D eigenvalue weighted by atomic mass is 10.0. The summed E-state index contributed by atoms with van der Waals surface area (Å²) in [7, 11) is 0. The number of aromatic nitrogens is 2. The van der Waals surface area contributed by atoms with Crippen molar-refractivity contribution in [3.63, 3.8) is 0 Å². The Balaban J connectivity index is 1.73. The molecule has 118 valence electrons. The van der Waals surface area contributed by atoms with Gasteiger partial charge in [0.25, 0.3) is 5.91 Å². The molecule has 0 unspecified atom stereocenters. The Hall–Kier alpha value is -2.04. The highest BCUT2D eigenvalue weighted by Gasteiger charge is 2.26. The van der Waals surface area contributed by atoms with Gasteiger partial charge in [-0.05, 0) is 58.2 Å². The van der Waals surface area contributed by atoms with Crippen LogP contribution in [-0.2, 0) is 6.54 Å². The van der Waals surface area contributed by atoms with Crippen LogP contribution in [0.4, 0.5) is 0 Å². The number of hydrogen-bond donors (Lipinski definition) is 0. The summed E-state index contributed by atoms with van der Waals surface area (Å²) in [6.07, 6.45) is 3.35. The standard InChI is InChI=1S/C17H23N3O2/c1-12-10-14(3)20(18-12)11-15-7-8-16(22-15)17(21)19-9-5-4-6-13(19)2/h7-8,10,13H,4-6,9,11H2,1-3H3/t13-/m0/s1. The van der Waals surface area contributed by atoms with Crippen molar-refractivity contribution in [3.05, 3.63) is 41.1 Å². The van der Waals surface area contributed by atoms with E-state index in [9.17, 15) is 4.79 Å². The molecule has 1 saturated heterocycles. The SMILES string of the molecule is Cc1cc(C)n(Cc2ccc(C(=O)N3CCCC[C@@H]3C)o2)n1. The molecule has 3 heterocycles. The van der Waals surface area contributed by atoms with Crippen LogP contribution in [0.25, 0.3) is 0 Å². The lowest BCUT2D eigenvalue weighted by molar-refractivity contribution is 0.0601. The van der Waals surface area contributed by atoms with Crippen LogP contribution < -0.4 is 0 Å². The van der Waals surface area contributed by atoms with Gasteiger partial charge in [-0.2, -0.15) is 5.10 Å². The first kappa shape index (κ1) is 14.9. The molecule has 1 fully saturated rings. The summed E-state index contributed by atoms with van der Waals surface area (Å²) in [6, 6.07) is 5.98. The van der Waals surface area contributed by atoms with Crippen molar-refractivity contribution in [1.29, 1.82) is 0 Å². The molecule has 0 radical (unpaired) electrons. The molecule has 2 aromatic heterocycles. The van der Waals surface area contributed by atoms with Gasteiger partial charge in [-0.3, -0.25) is 9.48 Å². The third kappa shape index (κ3) is 2.93. The minimum atomic E-state index is 0.00631. The summed E-state index contributed by atoms with van der Waals surface area (Å²) >= 11 is 0. The van der Waals surface area contributed by atoms with Crippen molar-refractivity contribution >= 4 is 5.91 Å². The monoisotopic (exact) mass is 301 g/mol. The number of piperidine rings is 1. The highest BCUT2D eigenvalue weighted by Crippen LogP contribution is 2.20. The first-order valence-electron chi connectivity index (χ1n) is 7.95. The molecule has 0 aliphatic carbocycles. The Morgan fingerprint density at radius 2 is 2.18 bits per heavy atom. The lowest BCUT2D eigenvalue weighted by Gasteiger charge is -2.32. The normalized spacial score (nSPS) is 18.7. The van der Waals surface area contributed by atoms with E-state index in [-0.39, 0.29) is 5.91 Å². The zero-order valence-electron chi connectivity index (χ0n) is 13.5. The molecule has 0 aromatic carbocycles. The summed E-state index contributed by atoms with van der Waals surface area (Å²) in [4.78, 5) is 14.5. The highest BCUT2D eigenvalue weighted by molar-refractivity contribution is 5.91. The van der Waals surface area contributed by atoms with Gasteiger partial charge < -0.3 is 9.32 Å². The average molecular weight is 301 g/mol. The van der Waals surface area contributed by atoms with Gasteiger partial charge in [0.05, 0.1) is 12.2 Å². The number of amides is 1. The Morgan fingerprint density at radius 1 is 1.36 bits per heavy atom. The van der Waals surface area contributed by atoms with E-state index in [2.05, 4.69) is 12.0 Å². The zero-order valence-corrected chi connectivity index (χ0v) is 13.5. The Kier molecular flexibility index (Phi) is 4.05. The van der Waals surface area contributed by atoms with Crippen LogP contribution in [0, 0.1) is 13.8 Å². The minimum Gasteiger partial charge on any atom is -0.454 e. The molecular weight excluding hydrogens is 278 g/mol. The maximum absolute atomic E-state index is 12.6. The molecule has 5 nitrogen and oxygen atoms in total. The van der Waals surface area contributed by atoms with Crippen LogP contribution in [0.2, 0.25) is 0 Å². The van der Waals surface area contributed by atoms with Gasteiger partial charge in [0, 0.05) is 18.3 Å². The van der Waals surface area contributed by atoms with Gasteiger partial charge >= 0.3 is 0 Å².